The van der Waals surface area contributed by atoms with Crippen LogP contribution in [-0.4, -0.2) is 46.4 Å². The summed E-state index contributed by atoms with van der Waals surface area (Å²) in [6.07, 6.45) is 3.00. The average molecular weight is 463 g/mol. The van der Waals surface area contributed by atoms with Crippen molar-refractivity contribution in [3.8, 4) is 0 Å². The topological polar surface area (TPSA) is 81.9 Å². The summed E-state index contributed by atoms with van der Waals surface area (Å²) < 4.78 is 16.9. The Morgan fingerprint density at radius 1 is 1.00 bits per heavy atom. The summed E-state index contributed by atoms with van der Waals surface area (Å²) >= 11 is 0. The number of carbonyl (C=O) groups excluding carboxylic acids is 2. The Labute approximate surface area is 198 Å². The quantitative estimate of drug-likeness (QED) is 0.518. The summed E-state index contributed by atoms with van der Waals surface area (Å²) in [4.78, 5) is 27.3. The van der Waals surface area contributed by atoms with Gasteiger partial charge in [-0.05, 0) is 72.1 Å². The van der Waals surface area contributed by atoms with E-state index in [-0.39, 0.29) is 18.4 Å². The van der Waals surface area contributed by atoms with E-state index >= 15 is 0 Å². The van der Waals surface area contributed by atoms with Gasteiger partial charge in [-0.2, -0.15) is 0 Å². The van der Waals surface area contributed by atoms with Crippen LogP contribution in [0.2, 0.25) is 0 Å². The van der Waals surface area contributed by atoms with Crippen molar-refractivity contribution < 1.29 is 23.6 Å². The Morgan fingerprint density at radius 3 is 2.15 bits per heavy atom. The lowest BCUT2D eigenvalue weighted by molar-refractivity contribution is -0.159. The van der Waals surface area contributed by atoms with Gasteiger partial charge in [0, 0.05) is 31.0 Å². The van der Waals surface area contributed by atoms with E-state index in [1.165, 1.54) is 6.42 Å². The fourth-order valence-electron chi connectivity index (χ4n) is 4.87. The number of aromatic nitrogens is 1. The van der Waals surface area contributed by atoms with Crippen LogP contribution in [0.3, 0.4) is 0 Å². The second-order valence-electron chi connectivity index (χ2n) is 13.1. The molecule has 1 amide bonds. The number of hydrogen-bond donors (Lipinski definition) is 0. The first-order valence-electron chi connectivity index (χ1n) is 12.2. The van der Waals surface area contributed by atoms with Crippen molar-refractivity contribution in [1.82, 2.24) is 10.1 Å². The number of rotatable bonds is 4. The predicted molar refractivity (Wildman–Crippen MR) is 126 cm³/mol. The molecule has 1 saturated heterocycles. The number of hydrogen-bond acceptors (Lipinski definition) is 6. The molecule has 7 nitrogen and oxygen atoms in total. The van der Waals surface area contributed by atoms with E-state index in [4.69, 9.17) is 14.0 Å². The first-order chi connectivity index (χ1) is 15.0. The Kier molecular flexibility index (Phi) is 6.94. The molecule has 2 heterocycles. The van der Waals surface area contributed by atoms with E-state index in [1.54, 1.807) is 4.90 Å². The Morgan fingerprint density at radius 2 is 1.61 bits per heavy atom. The third-order valence-corrected chi connectivity index (χ3v) is 6.15. The summed E-state index contributed by atoms with van der Waals surface area (Å²) in [6, 6.07) is 1.98. The molecule has 186 valence electrons. The van der Waals surface area contributed by atoms with Gasteiger partial charge in [-0.25, -0.2) is 4.79 Å². The van der Waals surface area contributed by atoms with Gasteiger partial charge in [0.25, 0.3) is 0 Å². The van der Waals surface area contributed by atoms with E-state index in [1.807, 2.05) is 47.6 Å². The molecule has 0 N–H and O–H groups in total. The molecule has 3 rings (SSSR count). The van der Waals surface area contributed by atoms with E-state index in [9.17, 15) is 9.59 Å². The Bertz CT molecular complexity index is 849. The fourth-order valence-corrected chi connectivity index (χ4v) is 4.87. The summed E-state index contributed by atoms with van der Waals surface area (Å²) in [5.74, 6) is 0.861. The Balaban J connectivity index is 1.73. The Hall–Kier alpha value is -2.05. The van der Waals surface area contributed by atoms with Gasteiger partial charge < -0.3 is 18.9 Å². The molecule has 0 radical (unpaired) electrons. The maximum atomic E-state index is 13.0. The van der Waals surface area contributed by atoms with Crippen LogP contribution < -0.4 is 0 Å². The first kappa shape index (κ1) is 25.6. The highest BCUT2D eigenvalue weighted by Crippen LogP contribution is 2.47. The molecule has 0 aromatic carbocycles. The number of esters is 1. The smallest absolute Gasteiger partial charge is 0.410 e. The van der Waals surface area contributed by atoms with Gasteiger partial charge in [-0.3, -0.25) is 4.79 Å². The molecule has 1 aliphatic heterocycles. The third-order valence-electron chi connectivity index (χ3n) is 6.15. The summed E-state index contributed by atoms with van der Waals surface area (Å²) in [5, 5.41) is 4.34. The van der Waals surface area contributed by atoms with Crippen LogP contribution in [0.1, 0.15) is 105 Å². The van der Waals surface area contributed by atoms with Gasteiger partial charge in [-0.15, -0.1) is 0 Å². The second-order valence-corrected chi connectivity index (χ2v) is 13.1. The third kappa shape index (κ3) is 6.97. The van der Waals surface area contributed by atoms with Crippen LogP contribution in [0.25, 0.3) is 0 Å². The molecule has 2 fully saturated rings. The second kappa shape index (κ2) is 8.95. The minimum absolute atomic E-state index is 0.244. The lowest BCUT2D eigenvalue weighted by Crippen LogP contribution is -2.36. The molecule has 1 saturated carbocycles. The zero-order valence-corrected chi connectivity index (χ0v) is 21.9. The van der Waals surface area contributed by atoms with Gasteiger partial charge >= 0.3 is 12.1 Å². The van der Waals surface area contributed by atoms with Crippen LogP contribution >= 0.6 is 0 Å². The van der Waals surface area contributed by atoms with Crippen LogP contribution in [0.5, 0.6) is 0 Å². The largest absolute Gasteiger partial charge is 0.460 e. The maximum Gasteiger partial charge on any atom is 0.410 e. The molecular weight excluding hydrogens is 420 g/mol. The van der Waals surface area contributed by atoms with Gasteiger partial charge in [-0.1, -0.05) is 25.9 Å². The number of amides is 1. The number of ether oxygens (including phenoxy) is 2. The van der Waals surface area contributed by atoms with Crippen molar-refractivity contribution in [3.05, 3.63) is 17.5 Å². The standard InChI is InChI=1S/C26H42N2O5/c1-24(2,3)13-16-10-17(11-16)21-12-20(27-33-21)18-14-28(23(30)32-26(7,8)9)15-19(18)22(29)31-25(4,5)6/h12,16-19H,10-11,13-15H2,1-9H3/t16?,17?,18-,19-/m0/s1. The summed E-state index contributed by atoms with van der Waals surface area (Å²) in [7, 11) is 0. The lowest BCUT2D eigenvalue weighted by Gasteiger charge is -2.37. The summed E-state index contributed by atoms with van der Waals surface area (Å²) in [5.41, 5.74) is -0.168. The fraction of sp³-hybridized carbons (Fsp3) is 0.808. The zero-order valence-electron chi connectivity index (χ0n) is 21.9. The molecule has 33 heavy (non-hydrogen) atoms. The van der Waals surface area contributed by atoms with Crippen molar-refractivity contribution in [2.75, 3.05) is 13.1 Å². The van der Waals surface area contributed by atoms with Crippen LogP contribution in [-0.2, 0) is 14.3 Å². The molecule has 1 aromatic rings. The first-order valence-corrected chi connectivity index (χ1v) is 12.2. The lowest BCUT2D eigenvalue weighted by atomic mass is 9.67. The number of nitrogens with zero attached hydrogens (tertiary/aromatic N) is 2. The average Bonchev–Trinajstić information content (AvgIpc) is 3.20. The van der Waals surface area contributed by atoms with Crippen LogP contribution in [0.15, 0.2) is 10.6 Å². The number of likely N-dealkylation sites (tertiary alicyclic amines) is 1. The highest BCUT2D eigenvalue weighted by Gasteiger charge is 2.45. The van der Waals surface area contributed by atoms with Crippen LogP contribution in [0.4, 0.5) is 4.79 Å². The molecule has 0 spiro atoms. The molecule has 2 atom stereocenters. The molecule has 1 aromatic heterocycles. The highest BCUT2D eigenvalue weighted by molar-refractivity contribution is 5.77. The molecule has 2 aliphatic rings. The SMILES string of the molecule is CC(C)(C)CC1CC(c2cc([C@H]3CN(C(=O)OC(C)(C)C)C[C@@H]3C(=O)OC(C)(C)C)no2)C1. The molecule has 0 unspecified atom stereocenters. The van der Waals surface area contributed by atoms with Crippen molar-refractivity contribution in [1.29, 1.82) is 0 Å². The normalized spacial score (nSPS) is 26.2. The van der Waals surface area contributed by atoms with E-state index in [0.29, 0.717) is 29.5 Å². The van der Waals surface area contributed by atoms with E-state index < -0.39 is 23.2 Å². The minimum Gasteiger partial charge on any atom is -0.460 e. The zero-order chi connectivity index (χ0) is 24.8. The van der Waals surface area contributed by atoms with Crippen LogP contribution in [0, 0.1) is 17.3 Å². The van der Waals surface area contributed by atoms with Gasteiger partial charge in [0.15, 0.2) is 0 Å². The predicted octanol–water partition coefficient (Wildman–Crippen LogP) is 5.90. The number of carbonyl (C=O) groups is 2. The molecule has 7 heteroatoms. The van der Waals surface area contributed by atoms with Gasteiger partial charge in [0.1, 0.15) is 17.0 Å². The van der Waals surface area contributed by atoms with Crippen molar-refractivity contribution in [2.24, 2.45) is 17.3 Å². The highest BCUT2D eigenvalue weighted by atomic mass is 16.6. The monoisotopic (exact) mass is 462 g/mol. The molecule has 0 bridgehead atoms. The maximum absolute atomic E-state index is 13.0. The van der Waals surface area contributed by atoms with Crippen molar-refractivity contribution in [2.45, 2.75) is 105 Å². The van der Waals surface area contributed by atoms with E-state index in [0.717, 1.165) is 18.6 Å². The minimum atomic E-state index is -0.607. The molecule has 1 aliphatic carbocycles. The molecular formula is C26H42N2O5. The van der Waals surface area contributed by atoms with E-state index in [2.05, 4.69) is 25.9 Å². The van der Waals surface area contributed by atoms with Crippen molar-refractivity contribution in [3.63, 3.8) is 0 Å². The van der Waals surface area contributed by atoms with Crippen molar-refractivity contribution >= 4 is 12.1 Å². The van der Waals surface area contributed by atoms with Gasteiger partial charge in [0.2, 0.25) is 0 Å². The summed E-state index contributed by atoms with van der Waals surface area (Å²) in [6.45, 7) is 18.5. The van der Waals surface area contributed by atoms with Gasteiger partial charge in [0.05, 0.1) is 11.6 Å².